The lowest BCUT2D eigenvalue weighted by molar-refractivity contribution is 0.414. The molecule has 0 aliphatic carbocycles. The lowest BCUT2D eigenvalue weighted by atomic mass is 9.97. The summed E-state index contributed by atoms with van der Waals surface area (Å²) in [5.74, 6) is 1.12. The Morgan fingerprint density at radius 1 is 1.24 bits per heavy atom. The van der Waals surface area contributed by atoms with E-state index in [1.807, 2.05) is 43.3 Å². The number of hydrogen-bond donors (Lipinski definition) is 2. The number of methoxy groups -OCH3 is 1. The zero-order valence-electron chi connectivity index (χ0n) is 12.1. The Bertz CT molecular complexity index is 695. The molecule has 0 bridgehead atoms. The third-order valence-corrected chi connectivity index (χ3v) is 3.73. The van der Waals surface area contributed by atoms with Crippen molar-refractivity contribution in [2.24, 2.45) is 5.10 Å². The third kappa shape index (κ3) is 2.57. The molecule has 4 heteroatoms. The van der Waals surface area contributed by atoms with Crippen molar-refractivity contribution in [2.45, 2.75) is 19.4 Å². The second kappa shape index (κ2) is 5.48. The second-order valence-corrected chi connectivity index (χ2v) is 5.21. The highest BCUT2D eigenvalue weighted by molar-refractivity contribution is 6.04. The zero-order valence-corrected chi connectivity index (χ0v) is 12.1. The van der Waals surface area contributed by atoms with Crippen molar-refractivity contribution >= 4 is 5.71 Å². The Morgan fingerprint density at radius 3 is 2.81 bits per heavy atom. The lowest BCUT2D eigenvalue weighted by Gasteiger charge is -2.13. The molecule has 0 amide bonds. The molecule has 4 nitrogen and oxygen atoms in total. The maximum absolute atomic E-state index is 10.1. The van der Waals surface area contributed by atoms with Gasteiger partial charge in [0.25, 0.3) is 0 Å². The van der Waals surface area contributed by atoms with Gasteiger partial charge in [0.2, 0.25) is 0 Å². The molecule has 1 aliphatic rings. The topological polar surface area (TPSA) is 53.8 Å². The van der Waals surface area contributed by atoms with E-state index in [9.17, 15) is 5.11 Å². The van der Waals surface area contributed by atoms with E-state index in [4.69, 9.17) is 4.74 Å². The first-order valence-electron chi connectivity index (χ1n) is 6.94. The highest BCUT2D eigenvalue weighted by atomic mass is 16.5. The van der Waals surface area contributed by atoms with Gasteiger partial charge >= 0.3 is 0 Å². The van der Waals surface area contributed by atoms with Gasteiger partial charge in [-0.25, -0.2) is 0 Å². The van der Waals surface area contributed by atoms with Crippen LogP contribution in [0.15, 0.2) is 47.6 Å². The average molecular weight is 282 g/mol. The van der Waals surface area contributed by atoms with E-state index in [-0.39, 0.29) is 6.04 Å². The summed E-state index contributed by atoms with van der Waals surface area (Å²) in [5, 5.41) is 14.5. The van der Waals surface area contributed by atoms with Gasteiger partial charge in [0.1, 0.15) is 11.5 Å². The normalized spacial score (nSPS) is 17.2. The van der Waals surface area contributed by atoms with Crippen LogP contribution in [0.1, 0.15) is 29.2 Å². The Hall–Kier alpha value is -2.49. The molecule has 1 aliphatic heterocycles. The van der Waals surface area contributed by atoms with Crippen molar-refractivity contribution < 1.29 is 9.84 Å². The van der Waals surface area contributed by atoms with Crippen LogP contribution in [0.5, 0.6) is 11.5 Å². The van der Waals surface area contributed by atoms with Gasteiger partial charge in [-0.05, 0) is 30.7 Å². The predicted octanol–water partition coefficient (Wildman–Crippen LogP) is 3.15. The lowest BCUT2D eigenvalue weighted by Crippen LogP contribution is -2.10. The summed E-state index contributed by atoms with van der Waals surface area (Å²) in [4.78, 5) is 0. The van der Waals surface area contributed by atoms with Crippen LogP contribution in [0.4, 0.5) is 0 Å². The first kappa shape index (κ1) is 13.5. The molecule has 1 unspecified atom stereocenters. The highest BCUT2D eigenvalue weighted by Gasteiger charge is 2.24. The van der Waals surface area contributed by atoms with Crippen LogP contribution in [0, 0.1) is 6.92 Å². The number of hydrazone groups is 1. The van der Waals surface area contributed by atoms with E-state index in [1.165, 1.54) is 0 Å². The van der Waals surface area contributed by atoms with Gasteiger partial charge in [-0.1, -0.05) is 24.3 Å². The van der Waals surface area contributed by atoms with Crippen molar-refractivity contribution in [3.8, 4) is 11.5 Å². The van der Waals surface area contributed by atoms with Gasteiger partial charge in [-0.2, -0.15) is 5.10 Å². The van der Waals surface area contributed by atoms with E-state index in [1.54, 1.807) is 13.2 Å². The summed E-state index contributed by atoms with van der Waals surface area (Å²) < 4.78 is 5.38. The van der Waals surface area contributed by atoms with Crippen molar-refractivity contribution in [2.75, 3.05) is 7.11 Å². The smallest absolute Gasteiger partial charge is 0.127 e. The second-order valence-electron chi connectivity index (χ2n) is 5.21. The number of para-hydroxylation sites is 1. The number of phenols is 1. The minimum atomic E-state index is -0.00878. The first-order valence-corrected chi connectivity index (χ1v) is 6.94. The Labute approximate surface area is 124 Å². The van der Waals surface area contributed by atoms with Gasteiger partial charge in [0, 0.05) is 17.5 Å². The van der Waals surface area contributed by atoms with Crippen LogP contribution in [0.2, 0.25) is 0 Å². The monoisotopic (exact) mass is 282 g/mol. The van der Waals surface area contributed by atoms with Crippen molar-refractivity contribution in [1.82, 2.24) is 5.43 Å². The van der Waals surface area contributed by atoms with Crippen LogP contribution in [0.25, 0.3) is 0 Å². The maximum Gasteiger partial charge on any atom is 0.127 e. The molecule has 108 valence electrons. The first-order chi connectivity index (χ1) is 10.2. The number of aryl methyl sites for hydroxylation is 1. The van der Waals surface area contributed by atoms with Gasteiger partial charge in [0.15, 0.2) is 0 Å². The largest absolute Gasteiger partial charge is 0.508 e. The molecule has 2 aromatic rings. The maximum atomic E-state index is 10.1. The summed E-state index contributed by atoms with van der Waals surface area (Å²) >= 11 is 0. The molecule has 21 heavy (non-hydrogen) atoms. The standard InChI is InChI=1S/C17H18N2O2/c1-11-7-8-12(16(20)9-11)14-10-15(19-18-14)13-5-3-4-6-17(13)21-2/h3-9,14,18,20H,10H2,1-2H3. The van der Waals surface area contributed by atoms with E-state index in [2.05, 4.69) is 10.5 Å². The van der Waals surface area contributed by atoms with E-state index >= 15 is 0 Å². The van der Waals surface area contributed by atoms with Crippen molar-refractivity contribution in [3.05, 3.63) is 59.2 Å². The molecule has 1 heterocycles. The molecule has 2 aromatic carbocycles. The van der Waals surface area contributed by atoms with Crippen LogP contribution in [0.3, 0.4) is 0 Å². The number of nitrogens with one attached hydrogen (secondary N) is 1. The Balaban J connectivity index is 1.84. The number of benzene rings is 2. The van der Waals surface area contributed by atoms with Crippen LogP contribution in [-0.2, 0) is 0 Å². The Kier molecular flexibility index (Phi) is 3.52. The summed E-state index contributed by atoms with van der Waals surface area (Å²) in [7, 11) is 1.66. The summed E-state index contributed by atoms with van der Waals surface area (Å²) in [6, 6.07) is 13.5. The number of phenolic OH excluding ortho intramolecular Hbond substituents is 1. The van der Waals surface area contributed by atoms with Gasteiger partial charge in [0.05, 0.1) is 18.9 Å². The fourth-order valence-electron chi connectivity index (χ4n) is 2.62. The number of aromatic hydroxyl groups is 1. The van der Waals surface area contributed by atoms with E-state index in [0.29, 0.717) is 5.75 Å². The highest BCUT2D eigenvalue weighted by Crippen LogP contribution is 2.32. The molecule has 0 radical (unpaired) electrons. The van der Waals surface area contributed by atoms with Gasteiger partial charge in [-0.15, -0.1) is 0 Å². The Morgan fingerprint density at radius 2 is 2.05 bits per heavy atom. The summed E-state index contributed by atoms with van der Waals surface area (Å²) in [6.07, 6.45) is 0.719. The fourth-order valence-corrected chi connectivity index (χ4v) is 2.62. The molecule has 0 saturated carbocycles. The van der Waals surface area contributed by atoms with Crippen LogP contribution >= 0.6 is 0 Å². The number of nitrogens with zero attached hydrogens (tertiary/aromatic N) is 1. The van der Waals surface area contributed by atoms with E-state index in [0.717, 1.165) is 34.6 Å². The van der Waals surface area contributed by atoms with Crippen LogP contribution in [-0.4, -0.2) is 17.9 Å². The molecule has 0 spiro atoms. The quantitative estimate of drug-likeness (QED) is 0.909. The molecular formula is C17H18N2O2. The van der Waals surface area contributed by atoms with Crippen molar-refractivity contribution in [1.29, 1.82) is 0 Å². The molecule has 0 saturated heterocycles. The molecular weight excluding hydrogens is 264 g/mol. The molecule has 0 fully saturated rings. The number of ether oxygens (including phenoxy) is 1. The third-order valence-electron chi connectivity index (χ3n) is 3.73. The minimum Gasteiger partial charge on any atom is -0.508 e. The molecule has 0 aromatic heterocycles. The predicted molar refractivity (Wildman–Crippen MR) is 82.9 cm³/mol. The van der Waals surface area contributed by atoms with Gasteiger partial charge in [-0.3, -0.25) is 0 Å². The summed E-state index contributed by atoms with van der Waals surface area (Å²) in [5.41, 5.74) is 6.95. The minimum absolute atomic E-state index is 0.00878. The number of hydrogen-bond acceptors (Lipinski definition) is 4. The molecule has 2 N–H and O–H groups in total. The number of rotatable bonds is 3. The molecule has 1 atom stereocenters. The summed E-state index contributed by atoms with van der Waals surface area (Å²) in [6.45, 7) is 1.96. The zero-order chi connectivity index (χ0) is 14.8. The van der Waals surface area contributed by atoms with E-state index < -0.39 is 0 Å². The van der Waals surface area contributed by atoms with Crippen molar-refractivity contribution in [3.63, 3.8) is 0 Å². The molecule has 3 rings (SSSR count). The SMILES string of the molecule is COc1ccccc1C1=NNC(c2ccc(C)cc2O)C1. The average Bonchev–Trinajstić information content (AvgIpc) is 2.96. The fraction of sp³-hybridized carbons (Fsp3) is 0.235. The van der Waals surface area contributed by atoms with Crippen LogP contribution < -0.4 is 10.2 Å². The van der Waals surface area contributed by atoms with Gasteiger partial charge < -0.3 is 15.3 Å².